The van der Waals surface area contributed by atoms with Crippen LogP contribution in [0, 0.1) is 11.3 Å². The van der Waals surface area contributed by atoms with Gasteiger partial charge in [0, 0.05) is 18.0 Å². The summed E-state index contributed by atoms with van der Waals surface area (Å²) in [6, 6.07) is 7.76. The Labute approximate surface area is 249 Å². The lowest BCUT2D eigenvalue weighted by molar-refractivity contribution is -0.348. The third-order valence-corrected chi connectivity index (χ3v) is 12.4. The van der Waals surface area contributed by atoms with Crippen molar-refractivity contribution < 1.29 is 53.8 Å². The molecule has 1 saturated heterocycles. The van der Waals surface area contributed by atoms with Gasteiger partial charge >= 0.3 is 24.0 Å². The number of carboxylic acids is 1. The highest BCUT2D eigenvalue weighted by Gasteiger charge is 2.74. The number of fused-ring (bicyclic) bond motifs is 3. The zero-order valence-electron chi connectivity index (χ0n) is 23.5. The number of sulfone groups is 1. The van der Waals surface area contributed by atoms with Crippen molar-refractivity contribution in [2.45, 2.75) is 85.6 Å². The van der Waals surface area contributed by atoms with Crippen molar-refractivity contribution in [3.05, 3.63) is 65.2 Å². The second kappa shape index (κ2) is 10.4. The Hall–Kier alpha value is -3.16. The Balaban J connectivity index is 1.61. The van der Waals surface area contributed by atoms with Crippen molar-refractivity contribution in [3.8, 4) is 0 Å². The van der Waals surface area contributed by atoms with Crippen LogP contribution in [0.1, 0.15) is 62.1 Å². The van der Waals surface area contributed by atoms with Gasteiger partial charge in [0.25, 0.3) is 0 Å². The number of benzene rings is 2. The molecule has 2 fully saturated rings. The molecule has 3 aliphatic rings. The Morgan fingerprint density at radius 2 is 1.48 bits per heavy atom. The highest BCUT2D eigenvalue weighted by molar-refractivity contribution is 7.92. The summed E-state index contributed by atoms with van der Waals surface area (Å²) in [5.74, 6) is -1.93. The number of carbonyl (C=O) groups is 2. The maximum absolute atomic E-state index is 15.0. The smallest absolute Gasteiger partial charge is 0.435 e. The van der Waals surface area contributed by atoms with Crippen LogP contribution >= 0.6 is 0 Å². The normalized spacial score (nSPS) is 27.9. The first kappa shape index (κ1) is 32.2. The first-order valence-electron chi connectivity index (χ1n) is 14.1. The summed E-state index contributed by atoms with van der Waals surface area (Å²) in [5, 5.41) is 9.56. The molecule has 5 rings (SSSR count). The van der Waals surface area contributed by atoms with E-state index in [0.717, 1.165) is 6.07 Å². The number of aryl methyl sites for hydroxylation is 1. The van der Waals surface area contributed by atoms with Crippen molar-refractivity contribution in [1.29, 1.82) is 0 Å². The predicted octanol–water partition coefficient (Wildman–Crippen LogP) is 6.47. The van der Waals surface area contributed by atoms with Crippen LogP contribution in [0.4, 0.5) is 30.7 Å². The maximum Gasteiger partial charge on any atom is 0.435 e. The molecule has 2 atom stereocenters. The van der Waals surface area contributed by atoms with Crippen LogP contribution in [-0.2, 0) is 36.3 Å². The van der Waals surface area contributed by atoms with E-state index in [1.807, 2.05) is 0 Å². The van der Waals surface area contributed by atoms with Crippen LogP contribution in [-0.4, -0.2) is 55.2 Å². The van der Waals surface area contributed by atoms with Gasteiger partial charge in [-0.3, -0.25) is 9.59 Å². The Bertz CT molecular complexity index is 1550. The van der Waals surface area contributed by atoms with E-state index in [1.54, 1.807) is 13.0 Å². The molecule has 0 unspecified atom stereocenters. The van der Waals surface area contributed by atoms with Gasteiger partial charge in [-0.25, -0.2) is 12.8 Å². The molecule has 2 aromatic rings. The molecule has 1 N–H and O–H groups in total. The molecule has 44 heavy (non-hydrogen) atoms. The summed E-state index contributed by atoms with van der Waals surface area (Å²) in [6.07, 6.45) is -12.2. The molecule has 2 aliphatic carbocycles. The first-order valence-corrected chi connectivity index (χ1v) is 15.6. The van der Waals surface area contributed by atoms with Gasteiger partial charge in [0.05, 0.1) is 16.4 Å². The van der Waals surface area contributed by atoms with E-state index in [9.17, 15) is 53.8 Å². The molecule has 0 radical (unpaired) electrons. The minimum Gasteiger partial charge on any atom is -0.481 e. The highest BCUT2D eigenvalue weighted by Crippen LogP contribution is 2.57. The molecule has 6 nitrogen and oxygen atoms in total. The van der Waals surface area contributed by atoms with Gasteiger partial charge in [-0.15, -0.1) is 0 Å². The topological polar surface area (TPSA) is 91.8 Å². The number of rotatable bonds is 5. The first-order chi connectivity index (χ1) is 20.3. The number of nitrogens with zero attached hydrogens (tertiary/aromatic N) is 1. The quantitative estimate of drug-likeness (QED) is 0.375. The summed E-state index contributed by atoms with van der Waals surface area (Å²) in [5.41, 5.74) is -8.61. The average Bonchev–Trinajstić information content (AvgIpc) is 3.37. The molecule has 0 spiro atoms. The number of hydrogen-bond acceptors (Lipinski definition) is 4. The second-order valence-electron chi connectivity index (χ2n) is 12.2. The van der Waals surface area contributed by atoms with Crippen molar-refractivity contribution in [3.63, 3.8) is 0 Å². The van der Waals surface area contributed by atoms with Gasteiger partial charge in [0.2, 0.25) is 5.91 Å². The van der Waals surface area contributed by atoms with Gasteiger partial charge in [0.1, 0.15) is 4.75 Å². The minimum absolute atomic E-state index is 0.0540. The third-order valence-electron chi connectivity index (χ3n) is 9.84. The van der Waals surface area contributed by atoms with Gasteiger partial charge in [-0.2, -0.15) is 26.3 Å². The van der Waals surface area contributed by atoms with Gasteiger partial charge in [-0.1, -0.05) is 36.4 Å². The highest BCUT2D eigenvalue weighted by atomic mass is 32.2. The van der Waals surface area contributed by atoms with Crippen LogP contribution in [0.3, 0.4) is 0 Å². The summed E-state index contributed by atoms with van der Waals surface area (Å²) < 4.78 is 123. The Morgan fingerprint density at radius 3 is 2.02 bits per heavy atom. The standard InChI is InChI=1S/C30H30F7NO5S/c1-26(25(40)41)13-11-18(12-14-26)24(39)38-16-15-27(44(42,43)21-5-3-2-4-6-21)22-9-8-20(17-19(22)7-10-23(27)38)28(31,29(32,33)34)30(35,36)37/h2-6,8-9,17-18,23H,7,10-16H2,1H3,(H,40,41)/t18-,23-,26-,27-/m1/s1. The fraction of sp³-hybridized carbons (Fsp3) is 0.533. The molecule has 1 heterocycles. The van der Waals surface area contributed by atoms with Crippen LogP contribution in [0.15, 0.2) is 53.4 Å². The van der Waals surface area contributed by atoms with E-state index in [2.05, 4.69) is 0 Å². The van der Waals surface area contributed by atoms with Gasteiger partial charge < -0.3 is 10.0 Å². The molecule has 1 saturated carbocycles. The summed E-state index contributed by atoms with van der Waals surface area (Å²) in [7, 11) is -4.42. The van der Waals surface area contributed by atoms with Crippen molar-refractivity contribution >= 4 is 21.7 Å². The lowest BCUT2D eigenvalue weighted by Crippen LogP contribution is -2.54. The van der Waals surface area contributed by atoms with E-state index in [1.165, 1.54) is 29.2 Å². The van der Waals surface area contributed by atoms with Crippen LogP contribution in [0.5, 0.6) is 0 Å². The second-order valence-corrected chi connectivity index (χ2v) is 14.4. The molecule has 0 aromatic heterocycles. The number of amides is 1. The van der Waals surface area contributed by atoms with Crippen molar-refractivity contribution in [2.75, 3.05) is 6.54 Å². The molecular formula is C30H30F7NO5S. The Morgan fingerprint density at radius 1 is 0.886 bits per heavy atom. The van der Waals surface area contributed by atoms with Gasteiger partial charge in [0.15, 0.2) is 9.84 Å². The van der Waals surface area contributed by atoms with Crippen LogP contribution in [0.2, 0.25) is 0 Å². The number of aliphatic carboxylic acids is 1. The lowest BCUT2D eigenvalue weighted by Gasteiger charge is -2.44. The van der Waals surface area contributed by atoms with E-state index in [-0.39, 0.29) is 73.4 Å². The van der Waals surface area contributed by atoms with Crippen LogP contribution < -0.4 is 0 Å². The number of likely N-dealkylation sites (tertiary alicyclic amines) is 1. The Kier molecular flexibility index (Phi) is 7.66. The fourth-order valence-corrected chi connectivity index (χ4v) is 9.64. The van der Waals surface area contributed by atoms with E-state index in [0.29, 0.717) is 12.1 Å². The number of halogens is 7. The lowest BCUT2D eigenvalue weighted by atomic mass is 9.71. The SMILES string of the molecule is C[C@]1(C(=O)O)CC[C@H](C(=O)N2CC[C@@]3(S(=O)(=O)c4ccccc4)c4ccc(C(F)(C(F)(F)F)C(F)(F)F)cc4CC[C@@H]23)CC1. The molecule has 2 aromatic carbocycles. The van der Waals surface area contributed by atoms with Crippen molar-refractivity contribution in [1.82, 2.24) is 4.90 Å². The number of carbonyl (C=O) groups excluding carboxylic acids is 1. The number of hydrogen-bond donors (Lipinski definition) is 1. The average molecular weight is 650 g/mol. The minimum atomic E-state index is -6.34. The van der Waals surface area contributed by atoms with Crippen molar-refractivity contribution in [2.24, 2.45) is 11.3 Å². The maximum atomic E-state index is 15.0. The largest absolute Gasteiger partial charge is 0.481 e. The molecule has 0 bridgehead atoms. The van der Waals surface area contributed by atoms with Gasteiger partial charge in [-0.05, 0) is 75.1 Å². The summed E-state index contributed by atoms with van der Waals surface area (Å²) >= 11 is 0. The predicted molar refractivity (Wildman–Crippen MR) is 143 cm³/mol. The summed E-state index contributed by atoms with van der Waals surface area (Å²) in [4.78, 5) is 26.8. The number of carboxylic acid groups (broad SMARTS) is 1. The molecule has 1 aliphatic heterocycles. The van der Waals surface area contributed by atoms with Crippen LogP contribution in [0.25, 0.3) is 0 Å². The number of alkyl halides is 7. The molecular weight excluding hydrogens is 619 g/mol. The zero-order valence-corrected chi connectivity index (χ0v) is 24.3. The van der Waals surface area contributed by atoms with E-state index < -0.39 is 61.5 Å². The summed E-state index contributed by atoms with van der Waals surface area (Å²) in [6.45, 7) is 1.54. The third kappa shape index (κ3) is 4.61. The van der Waals surface area contributed by atoms with E-state index in [4.69, 9.17) is 0 Å². The monoisotopic (exact) mass is 649 g/mol. The molecule has 1 amide bonds. The molecule has 240 valence electrons. The zero-order chi connectivity index (χ0) is 32.5. The molecule has 14 heteroatoms. The fourth-order valence-electron chi connectivity index (χ4n) is 7.25. The van der Waals surface area contributed by atoms with E-state index >= 15 is 0 Å².